The van der Waals surface area contributed by atoms with Crippen LogP contribution in [-0.4, -0.2) is 16.1 Å². The maximum Gasteiger partial charge on any atom is 0.281 e. The van der Waals surface area contributed by atoms with Gasteiger partial charge >= 0.3 is 0 Å². The lowest BCUT2D eigenvalue weighted by atomic mass is 9.36. The minimum absolute atomic E-state index is 0.0358. The molecule has 360 valence electrons. The van der Waals surface area contributed by atoms with Gasteiger partial charge in [0.15, 0.2) is 0 Å². The Kier molecular flexibility index (Phi) is 11.1. The monoisotopic (exact) mass is 944 g/mol. The molecule has 0 amide bonds. The molecule has 9 aromatic rings. The third-order valence-corrected chi connectivity index (χ3v) is 14.7. The van der Waals surface area contributed by atoms with Crippen LogP contribution in [-0.2, 0) is 21.7 Å². The van der Waals surface area contributed by atoms with Gasteiger partial charge in [-0.3, -0.25) is 9.30 Å². The van der Waals surface area contributed by atoms with Crippen LogP contribution in [0, 0.1) is 0 Å². The quantitative estimate of drug-likeness (QED) is 0.149. The number of rotatable bonds is 7. The van der Waals surface area contributed by atoms with Crippen LogP contribution in [0.1, 0.15) is 105 Å². The number of fused-ring (bicyclic) bond motifs is 6. The van der Waals surface area contributed by atoms with E-state index in [1.165, 1.54) is 22.3 Å². The van der Waals surface area contributed by atoms with Gasteiger partial charge in [-0.25, -0.2) is 4.98 Å². The number of hydrogen-bond acceptors (Lipinski definition) is 5. The van der Waals surface area contributed by atoms with Crippen molar-refractivity contribution in [3.8, 4) is 11.5 Å². The second-order valence-electron chi connectivity index (χ2n) is 23.9. The minimum atomic E-state index is -0.191. The van der Waals surface area contributed by atoms with E-state index in [1.807, 2.05) is 0 Å². The molecule has 72 heavy (non-hydrogen) atoms. The molecule has 0 unspecified atom stereocenters. The average Bonchev–Trinajstić information content (AvgIpc) is 3.72. The Morgan fingerprint density at radius 2 is 0.875 bits per heavy atom. The highest BCUT2D eigenvalue weighted by Crippen LogP contribution is 2.45. The Hall–Kier alpha value is -7.51. The molecule has 7 aromatic carbocycles. The van der Waals surface area contributed by atoms with E-state index in [9.17, 15) is 0 Å². The zero-order valence-electron chi connectivity index (χ0n) is 44.0. The van der Waals surface area contributed by atoms with Crippen molar-refractivity contribution in [1.82, 2.24) is 9.38 Å². The first-order valence-corrected chi connectivity index (χ1v) is 25.6. The van der Waals surface area contributed by atoms with Gasteiger partial charge in [0.25, 0.3) is 6.71 Å². The van der Waals surface area contributed by atoms with E-state index in [1.54, 1.807) is 0 Å². The SMILES string of the molecule is CC(C)(C)c1ccc(N(c2ccc(C(C)(C)C)cc2)c2ccc3c(c2)Oc2cccc4c2B3c2nc3cc(N(c5ccc(C(C)(C)C)cc5)c5ccc(C(C)(C)C)cc5)ccn3c2N4c2ccccc2)cc1. The molecule has 0 bridgehead atoms. The molecule has 0 saturated heterocycles. The molecule has 6 nitrogen and oxygen atoms in total. The summed E-state index contributed by atoms with van der Waals surface area (Å²) in [5, 5.41) is 0. The third kappa shape index (κ3) is 8.32. The van der Waals surface area contributed by atoms with Gasteiger partial charge in [-0.05, 0) is 140 Å². The molecule has 11 rings (SSSR count). The lowest BCUT2D eigenvalue weighted by Gasteiger charge is -2.38. The van der Waals surface area contributed by atoms with E-state index in [2.05, 4.69) is 284 Å². The smallest absolute Gasteiger partial charge is 0.281 e. The first-order valence-electron chi connectivity index (χ1n) is 25.6. The van der Waals surface area contributed by atoms with Crippen LogP contribution in [0.3, 0.4) is 0 Å². The van der Waals surface area contributed by atoms with E-state index in [0.29, 0.717) is 0 Å². The second kappa shape index (κ2) is 17.1. The van der Waals surface area contributed by atoms with Gasteiger partial charge in [-0.1, -0.05) is 162 Å². The fraction of sp³-hybridized carbons (Fsp3) is 0.246. The summed E-state index contributed by atoms with van der Waals surface area (Å²) in [6.07, 6.45) is 2.21. The van der Waals surface area contributed by atoms with Gasteiger partial charge in [0.2, 0.25) is 0 Å². The molecular weight excluding hydrogens is 878 g/mol. The highest BCUT2D eigenvalue weighted by Gasteiger charge is 2.45. The van der Waals surface area contributed by atoms with Crippen molar-refractivity contribution in [2.24, 2.45) is 0 Å². The summed E-state index contributed by atoms with van der Waals surface area (Å²) in [7, 11) is 0. The molecule has 2 aliphatic rings. The van der Waals surface area contributed by atoms with Crippen LogP contribution >= 0.6 is 0 Å². The van der Waals surface area contributed by atoms with Crippen LogP contribution < -0.4 is 36.0 Å². The highest BCUT2D eigenvalue weighted by molar-refractivity contribution is 6.98. The molecular formula is C65H66BN5O. The van der Waals surface area contributed by atoms with Crippen LogP contribution in [0.2, 0.25) is 0 Å². The molecule has 2 aromatic heterocycles. The summed E-state index contributed by atoms with van der Waals surface area (Å²) >= 11 is 0. The molecule has 0 atom stereocenters. The second-order valence-corrected chi connectivity index (χ2v) is 23.9. The average molecular weight is 944 g/mol. The Morgan fingerprint density at radius 3 is 1.33 bits per heavy atom. The molecule has 0 N–H and O–H groups in total. The molecule has 2 aliphatic heterocycles. The Balaban J connectivity index is 1.08. The van der Waals surface area contributed by atoms with Crippen molar-refractivity contribution in [1.29, 1.82) is 0 Å². The van der Waals surface area contributed by atoms with Crippen LogP contribution in [0.15, 0.2) is 182 Å². The first kappa shape index (κ1) is 46.9. The van der Waals surface area contributed by atoms with Crippen LogP contribution in [0.4, 0.5) is 51.3 Å². The summed E-state index contributed by atoms with van der Waals surface area (Å²) < 4.78 is 9.38. The topological polar surface area (TPSA) is 36.3 Å². The zero-order valence-corrected chi connectivity index (χ0v) is 44.0. The van der Waals surface area contributed by atoms with Gasteiger partial charge in [-0.15, -0.1) is 0 Å². The van der Waals surface area contributed by atoms with E-state index in [0.717, 1.165) is 85.0 Å². The van der Waals surface area contributed by atoms with E-state index in [-0.39, 0.29) is 28.4 Å². The number of nitrogens with zero attached hydrogens (tertiary/aromatic N) is 5. The zero-order chi connectivity index (χ0) is 50.5. The normalized spacial score (nSPS) is 13.3. The number of hydrogen-bond donors (Lipinski definition) is 0. The van der Waals surface area contributed by atoms with Crippen molar-refractivity contribution in [2.75, 3.05) is 14.7 Å². The largest absolute Gasteiger partial charge is 0.458 e. The molecule has 0 saturated carbocycles. The summed E-state index contributed by atoms with van der Waals surface area (Å²) in [4.78, 5) is 12.8. The number of imidazole rings is 1. The third-order valence-electron chi connectivity index (χ3n) is 14.7. The summed E-state index contributed by atoms with van der Waals surface area (Å²) in [6, 6.07) is 64.5. The summed E-state index contributed by atoms with van der Waals surface area (Å²) in [5.74, 6) is 2.68. The molecule has 0 fully saturated rings. The number of para-hydroxylation sites is 1. The summed E-state index contributed by atoms with van der Waals surface area (Å²) in [5.41, 5.74) is 17.9. The molecule has 0 radical (unpaired) electrons. The predicted octanol–water partition coefficient (Wildman–Crippen LogP) is 15.9. The molecule has 0 aliphatic carbocycles. The minimum Gasteiger partial charge on any atom is -0.458 e. The highest BCUT2D eigenvalue weighted by atomic mass is 16.5. The fourth-order valence-electron chi connectivity index (χ4n) is 10.5. The van der Waals surface area contributed by atoms with Crippen molar-refractivity contribution < 1.29 is 4.74 Å². The van der Waals surface area contributed by atoms with E-state index >= 15 is 0 Å². The van der Waals surface area contributed by atoms with Crippen molar-refractivity contribution in [3.05, 3.63) is 204 Å². The number of anilines is 9. The van der Waals surface area contributed by atoms with Crippen LogP contribution in [0.5, 0.6) is 11.5 Å². The molecule has 0 spiro atoms. The Labute approximate surface area is 427 Å². The summed E-state index contributed by atoms with van der Waals surface area (Å²) in [6.45, 7) is 27.0. The standard InChI is InChI=1S/C65H66BN5O/c1-62(2,3)43-21-29-48(30-22-43)69(49-31-23-44(24-32-49)63(4,5)6)52-37-38-54-57(41-52)72-56-20-16-19-55-59(56)66(54)60-61(71(55)47-17-14-13-15-18-47)68-40-39-53(42-58(68)67-60)70(50-33-25-45(26-34-50)64(7,8)9)51-35-27-46(28-36-51)65(10,11)12/h13-42H,1-12H3. The molecule has 4 heterocycles. The number of ether oxygens (including phenoxy) is 1. The van der Waals surface area contributed by atoms with Gasteiger partial charge < -0.3 is 14.5 Å². The van der Waals surface area contributed by atoms with Gasteiger partial charge in [0, 0.05) is 58.1 Å². The van der Waals surface area contributed by atoms with Crippen molar-refractivity contribution in [3.63, 3.8) is 0 Å². The maximum absolute atomic E-state index is 7.10. The Bertz CT molecular complexity index is 3340. The first-order chi connectivity index (χ1) is 34.2. The van der Waals surface area contributed by atoms with E-state index in [4.69, 9.17) is 9.72 Å². The lowest BCUT2D eigenvalue weighted by molar-refractivity contribution is 0.487. The number of benzene rings is 7. The maximum atomic E-state index is 7.10. The van der Waals surface area contributed by atoms with E-state index < -0.39 is 0 Å². The van der Waals surface area contributed by atoms with Crippen LogP contribution in [0.25, 0.3) is 5.65 Å². The van der Waals surface area contributed by atoms with Crippen molar-refractivity contribution >= 4 is 80.2 Å². The number of aromatic nitrogens is 2. The predicted molar refractivity (Wildman–Crippen MR) is 305 cm³/mol. The fourth-order valence-corrected chi connectivity index (χ4v) is 10.5. The van der Waals surface area contributed by atoms with Gasteiger partial charge in [0.1, 0.15) is 23.0 Å². The van der Waals surface area contributed by atoms with Gasteiger partial charge in [-0.2, -0.15) is 0 Å². The molecule has 7 heteroatoms. The van der Waals surface area contributed by atoms with Gasteiger partial charge in [0.05, 0.1) is 11.3 Å². The Morgan fingerprint density at radius 1 is 0.431 bits per heavy atom. The van der Waals surface area contributed by atoms with Crippen molar-refractivity contribution in [2.45, 2.75) is 105 Å². The lowest BCUT2D eigenvalue weighted by Crippen LogP contribution is -2.60. The number of pyridine rings is 1.